The molecule has 1 aromatic carbocycles. The van der Waals surface area contributed by atoms with E-state index in [1.165, 1.54) is 6.07 Å². The molecule has 0 unspecified atom stereocenters. The molecule has 0 radical (unpaired) electrons. The zero-order valence-corrected chi connectivity index (χ0v) is 8.95. The number of halogens is 1. The molecule has 0 amide bonds. The molecule has 0 fully saturated rings. The predicted octanol–water partition coefficient (Wildman–Crippen LogP) is 2.28. The van der Waals surface area contributed by atoms with Crippen molar-refractivity contribution in [1.82, 2.24) is 0 Å². The lowest BCUT2D eigenvalue weighted by molar-refractivity contribution is -0.211. The second-order valence-electron chi connectivity index (χ2n) is 3.08. The van der Waals surface area contributed by atoms with Gasteiger partial charge >= 0.3 is 5.97 Å². The number of carbonyl (C=O) groups is 2. The van der Waals surface area contributed by atoms with Gasteiger partial charge in [-0.2, -0.15) is 0 Å². The molecular formula is C11H11FO4. The van der Waals surface area contributed by atoms with Crippen LogP contribution in [0.1, 0.15) is 30.6 Å². The van der Waals surface area contributed by atoms with Crippen molar-refractivity contribution in [2.24, 2.45) is 0 Å². The van der Waals surface area contributed by atoms with Crippen LogP contribution in [0, 0.1) is 5.82 Å². The van der Waals surface area contributed by atoms with Gasteiger partial charge in [0, 0.05) is 13.3 Å². The minimum absolute atomic E-state index is 0.0310. The minimum Gasteiger partial charge on any atom is -0.294 e. The summed E-state index contributed by atoms with van der Waals surface area (Å²) in [5, 5.41) is 0. The minimum atomic E-state index is -0.653. The van der Waals surface area contributed by atoms with Crippen LogP contribution < -0.4 is 4.89 Å². The van der Waals surface area contributed by atoms with Gasteiger partial charge in [-0.1, -0.05) is 6.92 Å². The maximum absolute atomic E-state index is 12.9. The zero-order valence-electron chi connectivity index (χ0n) is 8.95. The lowest BCUT2D eigenvalue weighted by Gasteiger charge is -2.07. The summed E-state index contributed by atoms with van der Waals surface area (Å²) in [7, 11) is 0. The number of ketones is 1. The van der Waals surface area contributed by atoms with Gasteiger partial charge < -0.3 is 0 Å². The van der Waals surface area contributed by atoms with Gasteiger partial charge in [0.2, 0.25) is 0 Å². The first kappa shape index (κ1) is 12.2. The molecule has 0 N–H and O–H groups in total. The van der Waals surface area contributed by atoms with E-state index in [9.17, 15) is 14.0 Å². The lowest BCUT2D eigenvalue weighted by Crippen LogP contribution is -2.07. The SMILES string of the molecule is CCC(=O)c1cc(F)ccc1OOC(C)=O. The molecule has 0 aliphatic heterocycles. The molecule has 1 aromatic rings. The molecule has 0 atom stereocenters. The van der Waals surface area contributed by atoms with Gasteiger partial charge in [0.25, 0.3) is 0 Å². The molecule has 0 saturated carbocycles. The first-order chi connectivity index (χ1) is 7.54. The van der Waals surface area contributed by atoms with Crippen molar-refractivity contribution in [3.8, 4) is 5.75 Å². The van der Waals surface area contributed by atoms with Crippen LogP contribution in [0.4, 0.5) is 4.39 Å². The first-order valence-corrected chi connectivity index (χ1v) is 4.72. The van der Waals surface area contributed by atoms with Crippen LogP contribution in [0.3, 0.4) is 0 Å². The quantitative estimate of drug-likeness (QED) is 0.449. The highest BCUT2D eigenvalue weighted by atomic mass is 19.1. The van der Waals surface area contributed by atoms with Crippen molar-refractivity contribution in [3.05, 3.63) is 29.6 Å². The highest BCUT2D eigenvalue weighted by molar-refractivity contribution is 5.98. The van der Waals surface area contributed by atoms with Gasteiger partial charge in [-0.25, -0.2) is 9.18 Å². The summed E-state index contributed by atoms with van der Waals surface area (Å²) >= 11 is 0. The molecule has 0 bridgehead atoms. The molecule has 16 heavy (non-hydrogen) atoms. The first-order valence-electron chi connectivity index (χ1n) is 4.72. The summed E-state index contributed by atoms with van der Waals surface area (Å²) < 4.78 is 12.9. The average Bonchev–Trinajstić information content (AvgIpc) is 2.26. The standard InChI is InChI=1S/C11H11FO4/c1-3-10(14)9-6-8(12)4-5-11(9)16-15-7(2)13/h4-6H,3H2,1-2H3. The summed E-state index contributed by atoms with van der Waals surface area (Å²) in [6.07, 6.45) is 0.208. The van der Waals surface area contributed by atoms with Crippen LogP contribution in [0.25, 0.3) is 0 Å². The second kappa shape index (κ2) is 5.25. The largest absolute Gasteiger partial charge is 0.352 e. The van der Waals surface area contributed by atoms with Crippen molar-refractivity contribution in [1.29, 1.82) is 0 Å². The highest BCUT2D eigenvalue weighted by Gasteiger charge is 2.14. The van der Waals surface area contributed by atoms with Crippen LogP contribution in [0.15, 0.2) is 18.2 Å². The Kier molecular flexibility index (Phi) is 3.99. The van der Waals surface area contributed by atoms with E-state index in [2.05, 4.69) is 9.78 Å². The Morgan fingerprint density at radius 1 is 1.38 bits per heavy atom. The van der Waals surface area contributed by atoms with E-state index >= 15 is 0 Å². The van der Waals surface area contributed by atoms with Gasteiger partial charge in [0.1, 0.15) is 5.82 Å². The zero-order chi connectivity index (χ0) is 12.1. The Morgan fingerprint density at radius 3 is 2.62 bits per heavy atom. The number of hydrogen-bond donors (Lipinski definition) is 0. The predicted molar refractivity (Wildman–Crippen MR) is 53.4 cm³/mol. The smallest absolute Gasteiger partial charge is 0.294 e. The Labute approximate surface area is 91.9 Å². The normalized spacial score (nSPS) is 9.69. The Bertz CT molecular complexity index is 414. The van der Waals surface area contributed by atoms with Crippen molar-refractivity contribution in [2.45, 2.75) is 20.3 Å². The topological polar surface area (TPSA) is 52.6 Å². The van der Waals surface area contributed by atoms with E-state index in [1.807, 2.05) is 0 Å². The summed E-state index contributed by atoms with van der Waals surface area (Å²) in [6, 6.07) is 3.40. The molecule has 0 heterocycles. The van der Waals surface area contributed by atoms with Crippen LogP contribution in [-0.4, -0.2) is 11.8 Å². The Morgan fingerprint density at radius 2 is 2.06 bits per heavy atom. The van der Waals surface area contributed by atoms with E-state index in [-0.39, 0.29) is 23.5 Å². The Balaban J connectivity index is 2.98. The fraction of sp³-hybridized carbons (Fsp3) is 0.273. The maximum atomic E-state index is 12.9. The van der Waals surface area contributed by atoms with Crippen LogP contribution in [0.2, 0.25) is 0 Å². The van der Waals surface area contributed by atoms with E-state index in [0.717, 1.165) is 19.1 Å². The second-order valence-corrected chi connectivity index (χ2v) is 3.08. The number of rotatable bonds is 4. The molecule has 0 aliphatic carbocycles. The fourth-order valence-corrected chi connectivity index (χ4v) is 1.09. The fourth-order valence-electron chi connectivity index (χ4n) is 1.09. The molecule has 0 spiro atoms. The summed E-state index contributed by atoms with van der Waals surface area (Å²) in [4.78, 5) is 30.9. The van der Waals surface area contributed by atoms with E-state index < -0.39 is 11.8 Å². The lowest BCUT2D eigenvalue weighted by atomic mass is 10.1. The summed E-state index contributed by atoms with van der Waals surface area (Å²) in [5.74, 6) is -1.46. The van der Waals surface area contributed by atoms with Crippen molar-refractivity contribution in [3.63, 3.8) is 0 Å². The molecular weight excluding hydrogens is 215 g/mol. The molecule has 0 aromatic heterocycles. The van der Waals surface area contributed by atoms with Gasteiger partial charge in [-0.15, -0.1) is 0 Å². The van der Waals surface area contributed by atoms with Crippen molar-refractivity contribution in [2.75, 3.05) is 0 Å². The molecule has 0 saturated heterocycles. The molecule has 1 rings (SSSR count). The average molecular weight is 226 g/mol. The maximum Gasteiger partial charge on any atom is 0.352 e. The summed E-state index contributed by atoms with van der Waals surface area (Å²) in [6.45, 7) is 2.80. The van der Waals surface area contributed by atoms with Gasteiger partial charge in [-0.3, -0.25) is 14.6 Å². The van der Waals surface area contributed by atoms with E-state index in [1.54, 1.807) is 6.92 Å². The molecule has 4 nitrogen and oxygen atoms in total. The number of Topliss-reactive ketones (excluding diaryl/α,β-unsaturated/α-hetero) is 1. The van der Waals surface area contributed by atoms with Crippen LogP contribution >= 0.6 is 0 Å². The van der Waals surface area contributed by atoms with E-state index in [4.69, 9.17) is 0 Å². The van der Waals surface area contributed by atoms with Gasteiger partial charge in [0.05, 0.1) is 5.56 Å². The van der Waals surface area contributed by atoms with E-state index in [0.29, 0.717) is 0 Å². The number of hydrogen-bond acceptors (Lipinski definition) is 4. The number of benzene rings is 1. The molecule has 5 heteroatoms. The number of carbonyl (C=O) groups excluding carboxylic acids is 2. The van der Waals surface area contributed by atoms with Gasteiger partial charge in [-0.05, 0) is 18.2 Å². The van der Waals surface area contributed by atoms with Crippen LogP contribution in [-0.2, 0) is 9.68 Å². The van der Waals surface area contributed by atoms with Gasteiger partial charge in [0.15, 0.2) is 11.5 Å². The third-order valence-electron chi connectivity index (χ3n) is 1.81. The Hall–Kier alpha value is -1.91. The molecule has 86 valence electrons. The van der Waals surface area contributed by atoms with Crippen LogP contribution in [0.5, 0.6) is 5.75 Å². The third-order valence-corrected chi connectivity index (χ3v) is 1.81. The van der Waals surface area contributed by atoms with Crippen molar-refractivity contribution >= 4 is 11.8 Å². The third kappa shape index (κ3) is 3.05. The summed E-state index contributed by atoms with van der Waals surface area (Å²) in [5.41, 5.74) is 0.0590. The molecule has 0 aliphatic rings. The monoisotopic (exact) mass is 226 g/mol. The van der Waals surface area contributed by atoms with Crippen molar-refractivity contribution < 1.29 is 23.8 Å². The highest BCUT2D eigenvalue weighted by Crippen LogP contribution is 2.21.